The zero-order chi connectivity index (χ0) is 25.2. The minimum atomic E-state index is -0.255. The van der Waals surface area contributed by atoms with Gasteiger partial charge in [0.1, 0.15) is 0 Å². The number of nitrogens with zero attached hydrogens (tertiary/aromatic N) is 1. The standard InChI is InChI=1S/C28H35N5O2/c1-20(29-3)27(34)31-24-14-10-22(11-15-24)18-33(26-8-6-5-7-9-26)19-23-12-16-25(17-13-23)32-28(35)21(2)30-4/h5-17,20-21,29-30H,18-19H2,1-4H3,(H,31,34)(H,32,35)/t20-,21-/m0/s1. The molecule has 0 saturated heterocycles. The number of amides is 2. The van der Waals surface area contributed by atoms with Crippen LogP contribution in [0.4, 0.5) is 17.1 Å². The first kappa shape index (κ1) is 25.9. The van der Waals surface area contributed by atoms with Crippen molar-refractivity contribution in [2.45, 2.75) is 39.0 Å². The van der Waals surface area contributed by atoms with E-state index in [0.717, 1.165) is 28.2 Å². The Kier molecular flexibility index (Phi) is 9.40. The van der Waals surface area contributed by atoms with Crippen molar-refractivity contribution >= 4 is 28.9 Å². The molecular weight excluding hydrogens is 438 g/mol. The van der Waals surface area contributed by atoms with Crippen molar-refractivity contribution in [1.29, 1.82) is 0 Å². The fraction of sp³-hybridized carbons (Fsp3) is 0.286. The van der Waals surface area contributed by atoms with Crippen LogP contribution in [0.15, 0.2) is 78.9 Å². The van der Waals surface area contributed by atoms with E-state index in [1.807, 2.05) is 80.6 Å². The molecule has 35 heavy (non-hydrogen) atoms. The SMILES string of the molecule is CN[C@@H](C)C(=O)Nc1ccc(CN(Cc2ccc(NC(=O)[C@H](C)NC)cc2)c2ccccc2)cc1. The lowest BCUT2D eigenvalue weighted by atomic mass is 10.1. The normalized spacial score (nSPS) is 12.5. The maximum absolute atomic E-state index is 12.1. The molecule has 7 nitrogen and oxygen atoms in total. The molecule has 3 rings (SSSR count). The molecule has 3 aromatic rings. The molecule has 0 unspecified atom stereocenters. The van der Waals surface area contributed by atoms with Crippen molar-refractivity contribution in [3.05, 3.63) is 90.0 Å². The van der Waals surface area contributed by atoms with Crippen LogP contribution in [0.2, 0.25) is 0 Å². The summed E-state index contributed by atoms with van der Waals surface area (Å²) in [6, 6.07) is 25.6. The highest BCUT2D eigenvalue weighted by molar-refractivity contribution is 5.95. The number of rotatable bonds is 11. The molecule has 0 radical (unpaired) electrons. The van der Waals surface area contributed by atoms with E-state index >= 15 is 0 Å². The van der Waals surface area contributed by atoms with Crippen LogP contribution >= 0.6 is 0 Å². The number of hydrogen-bond donors (Lipinski definition) is 4. The largest absolute Gasteiger partial charge is 0.363 e. The van der Waals surface area contributed by atoms with Crippen LogP contribution in [0.3, 0.4) is 0 Å². The number of nitrogens with one attached hydrogen (secondary N) is 4. The smallest absolute Gasteiger partial charge is 0.241 e. The van der Waals surface area contributed by atoms with Crippen molar-refractivity contribution in [2.24, 2.45) is 0 Å². The summed E-state index contributed by atoms with van der Waals surface area (Å²) in [6.45, 7) is 5.07. The van der Waals surface area contributed by atoms with Gasteiger partial charge in [0.15, 0.2) is 0 Å². The first-order chi connectivity index (χ1) is 16.9. The fourth-order valence-electron chi connectivity index (χ4n) is 3.47. The molecular formula is C28H35N5O2. The van der Waals surface area contributed by atoms with Gasteiger partial charge in [0.05, 0.1) is 12.1 Å². The van der Waals surface area contributed by atoms with E-state index in [2.05, 4.69) is 38.3 Å². The molecule has 0 bridgehead atoms. The average molecular weight is 474 g/mol. The van der Waals surface area contributed by atoms with E-state index in [0.29, 0.717) is 13.1 Å². The lowest BCUT2D eigenvalue weighted by molar-refractivity contribution is -0.118. The lowest BCUT2D eigenvalue weighted by Gasteiger charge is -2.25. The third-order valence-corrected chi connectivity index (χ3v) is 5.96. The Bertz CT molecular complexity index is 1020. The third kappa shape index (κ3) is 7.67. The minimum Gasteiger partial charge on any atom is -0.363 e. The Hall–Kier alpha value is -3.68. The molecule has 2 amide bonds. The van der Waals surface area contributed by atoms with E-state index in [9.17, 15) is 9.59 Å². The molecule has 0 aliphatic carbocycles. The molecule has 7 heteroatoms. The molecule has 0 spiro atoms. The van der Waals surface area contributed by atoms with E-state index in [-0.39, 0.29) is 23.9 Å². The Balaban J connectivity index is 1.70. The highest BCUT2D eigenvalue weighted by Crippen LogP contribution is 2.22. The average Bonchev–Trinajstić information content (AvgIpc) is 2.89. The topological polar surface area (TPSA) is 85.5 Å². The molecule has 3 aromatic carbocycles. The van der Waals surface area contributed by atoms with Gasteiger partial charge in [0.2, 0.25) is 11.8 Å². The lowest BCUT2D eigenvalue weighted by Crippen LogP contribution is -2.35. The zero-order valence-electron chi connectivity index (χ0n) is 20.8. The summed E-state index contributed by atoms with van der Waals surface area (Å²) < 4.78 is 0. The molecule has 0 saturated carbocycles. The molecule has 2 atom stereocenters. The van der Waals surface area contributed by atoms with E-state index in [1.54, 1.807) is 14.1 Å². The number of carbonyl (C=O) groups is 2. The van der Waals surface area contributed by atoms with Gasteiger partial charge >= 0.3 is 0 Å². The van der Waals surface area contributed by atoms with Crippen LogP contribution in [0.5, 0.6) is 0 Å². The fourth-order valence-corrected chi connectivity index (χ4v) is 3.47. The van der Waals surface area contributed by atoms with Crippen LogP contribution in [0.1, 0.15) is 25.0 Å². The van der Waals surface area contributed by atoms with Crippen molar-refractivity contribution in [3.63, 3.8) is 0 Å². The van der Waals surface area contributed by atoms with Crippen LogP contribution in [0, 0.1) is 0 Å². The van der Waals surface area contributed by atoms with E-state index in [4.69, 9.17) is 0 Å². The van der Waals surface area contributed by atoms with Gasteiger partial charge in [-0.15, -0.1) is 0 Å². The first-order valence-electron chi connectivity index (χ1n) is 11.8. The Morgan fingerprint density at radius 3 is 1.43 bits per heavy atom. The maximum atomic E-state index is 12.1. The molecule has 184 valence electrons. The predicted molar refractivity (Wildman–Crippen MR) is 144 cm³/mol. The quantitative estimate of drug-likeness (QED) is 0.338. The van der Waals surface area contributed by atoms with Gasteiger partial charge < -0.3 is 26.2 Å². The summed E-state index contributed by atoms with van der Waals surface area (Å²) in [5.74, 6) is -0.127. The molecule has 4 N–H and O–H groups in total. The highest BCUT2D eigenvalue weighted by Gasteiger charge is 2.13. The van der Waals surface area contributed by atoms with Crippen LogP contribution in [-0.4, -0.2) is 38.0 Å². The van der Waals surface area contributed by atoms with Gasteiger partial charge in [-0.1, -0.05) is 42.5 Å². The number of carbonyl (C=O) groups excluding carboxylic acids is 2. The molecule has 0 fully saturated rings. The number of anilines is 3. The molecule has 0 aliphatic rings. The summed E-state index contributed by atoms with van der Waals surface area (Å²) in [4.78, 5) is 26.5. The van der Waals surface area contributed by atoms with Gasteiger partial charge in [-0.05, 0) is 75.5 Å². The summed E-state index contributed by atoms with van der Waals surface area (Å²) in [5.41, 5.74) is 4.94. The van der Waals surface area contributed by atoms with Crippen LogP contribution in [-0.2, 0) is 22.7 Å². The monoisotopic (exact) mass is 473 g/mol. The molecule has 0 aliphatic heterocycles. The summed E-state index contributed by atoms with van der Waals surface area (Å²) in [5, 5.41) is 11.7. The summed E-state index contributed by atoms with van der Waals surface area (Å²) >= 11 is 0. The van der Waals surface area contributed by atoms with Gasteiger partial charge in [0, 0.05) is 30.2 Å². The van der Waals surface area contributed by atoms with Crippen molar-refractivity contribution in [2.75, 3.05) is 29.6 Å². The van der Waals surface area contributed by atoms with Gasteiger partial charge in [-0.25, -0.2) is 0 Å². The third-order valence-electron chi connectivity index (χ3n) is 5.96. The Labute approximate surface area is 207 Å². The second kappa shape index (κ2) is 12.7. The van der Waals surface area contributed by atoms with E-state index < -0.39 is 0 Å². The zero-order valence-corrected chi connectivity index (χ0v) is 20.8. The summed E-state index contributed by atoms with van der Waals surface area (Å²) in [6.07, 6.45) is 0. The Morgan fingerprint density at radius 1 is 0.657 bits per heavy atom. The minimum absolute atomic E-state index is 0.0637. The maximum Gasteiger partial charge on any atom is 0.241 e. The second-order valence-corrected chi connectivity index (χ2v) is 8.58. The first-order valence-corrected chi connectivity index (χ1v) is 11.8. The second-order valence-electron chi connectivity index (χ2n) is 8.58. The van der Waals surface area contributed by atoms with Crippen molar-refractivity contribution in [1.82, 2.24) is 10.6 Å². The number of benzene rings is 3. The molecule has 0 aromatic heterocycles. The van der Waals surface area contributed by atoms with Gasteiger partial charge in [0.25, 0.3) is 0 Å². The number of hydrogen-bond acceptors (Lipinski definition) is 5. The van der Waals surface area contributed by atoms with Crippen molar-refractivity contribution < 1.29 is 9.59 Å². The van der Waals surface area contributed by atoms with Crippen LogP contribution < -0.4 is 26.2 Å². The van der Waals surface area contributed by atoms with E-state index in [1.165, 1.54) is 0 Å². The Morgan fingerprint density at radius 2 is 1.06 bits per heavy atom. The highest BCUT2D eigenvalue weighted by atomic mass is 16.2. The number of likely N-dealkylation sites (N-methyl/N-ethyl adjacent to an activating group) is 2. The van der Waals surface area contributed by atoms with Crippen molar-refractivity contribution in [3.8, 4) is 0 Å². The van der Waals surface area contributed by atoms with Gasteiger partial charge in [-0.2, -0.15) is 0 Å². The predicted octanol–water partition coefficient (Wildman–Crippen LogP) is 3.99. The number of para-hydroxylation sites is 1. The van der Waals surface area contributed by atoms with Crippen LogP contribution in [0.25, 0.3) is 0 Å². The van der Waals surface area contributed by atoms with Gasteiger partial charge in [-0.3, -0.25) is 9.59 Å². The summed E-state index contributed by atoms with van der Waals surface area (Å²) in [7, 11) is 3.53. The molecule has 0 heterocycles.